The molecule has 3 rings (SSSR count). The zero-order valence-corrected chi connectivity index (χ0v) is 16.2. The smallest absolute Gasteiger partial charge is 0.243 e. The number of carbonyl (C=O) groups excluding carboxylic acids is 1. The Morgan fingerprint density at radius 1 is 1.23 bits per heavy atom. The molecule has 1 aromatic rings. The van der Waals surface area contributed by atoms with Crippen molar-refractivity contribution in [1.29, 1.82) is 0 Å². The molecule has 1 aliphatic heterocycles. The Morgan fingerprint density at radius 3 is 2.65 bits per heavy atom. The Morgan fingerprint density at radius 2 is 1.96 bits per heavy atom. The zero-order chi connectivity index (χ0) is 18.5. The molecule has 1 amide bonds. The highest BCUT2D eigenvalue weighted by atomic mass is 16.2. The molecule has 0 aromatic carbocycles. The molecule has 0 radical (unpaired) electrons. The Balaban J connectivity index is 1.64. The Kier molecular flexibility index (Phi) is 6.11. The van der Waals surface area contributed by atoms with Gasteiger partial charge in [-0.15, -0.1) is 0 Å². The number of carbonyl (C=O) groups is 1. The number of hydrogen-bond acceptors (Lipinski definition) is 4. The highest BCUT2D eigenvalue weighted by Gasteiger charge is 2.24. The van der Waals surface area contributed by atoms with Crippen LogP contribution < -0.4 is 10.6 Å². The van der Waals surface area contributed by atoms with Gasteiger partial charge in [-0.3, -0.25) is 4.79 Å². The average molecular weight is 361 g/mol. The maximum absolute atomic E-state index is 11.9. The predicted molar refractivity (Wildman–Crippen MR) is 101 cm³/mol. The number of guanidine groups is 1. The molecule has 8 heteroatoms. The fraction of sp³-hybridized carbons (Fsp3) is 0.778. The molecule has 2 aliphatic rings. The summed E-state index contributed by atoms with van der Waals surface area (Å²) in [6, 6.07) is 0.698. The first kappa shape index (κ1) is 18.7. The van der Waals surface area contributed by atoms with Crippen molar-refractivity contribution in [1.82, 2.24) is 30.3 Å². The molecule has 1 unspecified atom stereocenters. The van der Waals surface area contributed by atoms with Crippen LogP contribution in [0.5, 0.6) is 0 Å². The molecule has 1 aromatic heterocycles. The van der Waals surface area contributed by atoms with Crippen LogP contribution in [0.1, 0.15) is 50.7 Å². The van der Waals surface area contributed by atoms with E-state index in [0.717, 1.165) is 43.4 Å². The number of aryl methyl sites for hydroxylation is 2. The largest absolute Gasteiger partial charge is 0.354 e. The van der Waals surface area contributed by atoms with Crippen LogP contribution in [0.4, 0.5) is 0 Å². The van der Waals surface area contributed by atoms with Gasteiger partial charge in [0.25, 0.3) is 0 Å². The average Bonchev–Trinajstić information content (AvgIpc) is 3.27. The van der Waals surface area contributed by atoms with Crippen molar-refractivity contribution < 1.29 is 4.79 Å². The van der Waals surface area contributed by atoms with Gasteiger partial charge in [-0.2, -0.15) is 5.10 Å². The minimum atomic E-state index is 0.00677. The van der Waals surface area contributed by atoms with Gasteiger partial charge in [-0.25, -0.2) is 14.7 Å². The van der Waals surface area contributed by atoms with Gasteiger partial charge in [-0.05, 0) is 19.3 Å². The van der Waals surface area contributed by atoms with Gasteiger partial charge in [0, 0.05) is 39.0 Å². The second-order valence-corrected chi connectivity index (χ2v) is 7.44. The number of nitrogens with one attached hydrogen (secondary N) is 2. The van der Waals surface area contributed by atoms with Crippen molar-refractivity contribution in [2.45, 2.75) is 70.5 Å². The number of nitrogens with zero attached hydrogens (tertiary/aromatic N) is 5. The molecule has 26 heavy (non-hydrogen) atoms. The van der Waals surface area contributed by atoms with E-state index in [1.165, 1.54) is 25.7 Å². The highest BCUT2D eigenvalue weighted by Crippen LogP contribution is 2.18. The predicted octanol–water partition coefficient (Wildman–Crippen LogP) is 0.721. The fourth-order valence-electron chi connectivity index (χ4n) is 3.51. The number of rotatable bonds is 5. The number of amides is 1. The van der Waals surface area contributed by atoms with Crippen molar-refractivity contribution in [2.24, 2.45) is 4.99 Å². The van der Waals surface area contributed by atoms with E-state index in [0.29, 0.717) is 6.04 Å². The lowest BCUT2D eigenvalue weighted by Gasteiger charge is -2.27. The third kappa shape index (κ3) is 4.74. The van der Waals surface area contributed by atoms with E-state index in [1.807, 2.05) is 4.68 Å². The van der Waals surface area contributed by atoms with Crippen molar-refractivity contribution >= 4 is 11.9 Å². The van der Waals surface area contributed by atoms with Crippen LogP contribution in [0.25, 0.3) is 0 Å². The van der Waals surface area contributed by atoms with Crippen molar-refractivity contribution in [3.8, 4) is 0 Å². The van der Waals surface area contributed by atoms with E-state index >= 15 is 0 Å². The minimum Gasteiger partial charge on any atom is -0.354 e. The first-order valence-corrected chi connectivity index (χ1v) is 9.75. The quantitative estimate of drug-likeness (QED) is 0.596. The lowest BCUT2D eigenvalue weighted by Crippen LogP contribution is -2.49. The topological polar surface area (TPSA) is 87.4 Å². The van der Waals surface area contributed by atoms with Crippen LogP contribution in [-0.2, 0) is 24.2 Å². The van der Waals surface area contributed by atoms with Gasteiger partial charge >= 0.3 is 0 Å². The molecular formula is C18H31N7O. The van der Waals surface area contributed by atoms with E-state index in [9.17, 15) is 4.79 Å². The SMILES string of the molecule is CCc1nc2n(n1)CC(NC(=NCC(=O)N(C)C)NC1CCCC1)CC2. The summed E-state index contributed by atoms with van der Waals surface area (Å²) in [5, 5.41) is 11.6. The third-order valence-corrected chi connectivity index (χ3v) is 5.13. The summed E-state index contributed by atoms with van der Waals surface area (Å²) in [6.07, 6.45) is 7.62. The summed E-state index contributed by atoms with van der Waals surface area (Å²) in [4.78, 5) is 22.6. The monoisotopic (exact) mass is 361 g/mol. The maximum atomic E-state index is 11.9. The van der Waals surface area contributed by atoms with Crippen LogP contribution in [0, 0.1) is 0 Å². The van der Waals surface area contributed by atoms with E-state index in [1.54, 1.807) is 19.0 Å². The number of hydrogen-bond donors (Lipinski definition) is 2. The number of aromatic nitrogens is 3. The third-order valence-electron chi connectivity index (χ3n) is 5.13. The first-order valence-electron chi connectivity index (χ1n) is 9.75. The lowest BCUT2D eigenvalue weighted by atomic mass is 10.1. The highest BCUT2D eigenvalue weighted by molar-refractivity contribution is 5.85. The summed E-state index contributed by atoms with van der Waals surface area (Å²) in [6.45, 7) is 3.03. The first-order chi connectivity index (χ1) is 12.5. The molecule has 0 spiro atoms. The van der Waals surface area contributed by atoms with Crippen molar-refractivity contribution in [3.63, 3.8) is 0 Å². The summed E-state index contributed by atoms with van der Waals surface area (Å²) in [5.41, 5.74) is 0. The number of aliphatic imine (C=N–C) groups is 1. The lowest BCUT2D eigenvalue weighted by molar-refractivity contribution is -0.127. The maximum Gasteiger partial charge on any atom is 0.243 e. The van der Waals surface area contributed by atoms with Crippen molar-refractivity contribution in [2.75, 3.05) is 20.6 Å². The Labute approximate surface area is 155 Å². The molecule has 0 bridgehead atoms. The van der Waals surface area contributed by atoms with Gasteiger partial charge in [-0.1, -0.05) is 19.8 Å². The second kappa shape index (κ2) is 8.51. The molecule has 1 fully saturated rings. The number of likely N-dealkylation sites (N-methyl/N-ethyl adjacent to an activating group) is 1. The van der Waals surface area contributed by atoms with Crippen LogP contribution >= 0.6 is 0 Å². The van der Waals surface area contributed by atoms with Gasteiger partial charge < -0.3 is 15.5 Å². The number of fused-ring (bicyclic) bond motifs is 1. The molecule has 8 nitrogen and oxygen atoms in total. The van der Waals surface area contributed by atoms with E-state index < -0.39 is 0 Å². The van der Waals surface area contributed by atoms with Gasteiger partial charge in [0.05, 0.1) is 6.54 Å². The van der Waals surface area contributed by atoms with Gasteiger partial charge in [0.2, 0.25) is 5.91 Å². The molecule has 0 saturated heterocycles. The fourth-order valence-corrected chi connectivity index (χ4v) is 3.51. The second-order valence-electron chi connectivity index (χ2n) is 7.44. The molecule has 1 saturated carbocycles. The van der Waals surface area contributed by atoms with Crippen LogP contribution in [-0.4, -0.2) is 64.3 Å². The van der Waals surface area contributed by atoms with Crippen LogP contribution in [0.3, 0.4) is 0 Å². The van der Waals surface area contributed by atoms with Crippen LogP contribution in [0.2, 0.25) is 0 Å². The standard InChI is InChI=1S/C18H31N7O/c1-4-15-22-16-10-9-14(12-25(16)23-15)21-18(19-11-17(26)24(2)3)20-13-7-5-6-8-13/h13-14H,4-12H2,1-3H3,(H2,19,20,21). The van der Waals surface area contributed by atoms with Gasteiger partial charge in [0.15, 0.2) is 11.8 Å². The molecule has 2 heterocycles. The van der Waals surface area contributed by atoms with Crippen molar-refractivity contribution in [3.05, 3.63) is 11.6 Å². The summed E-state index contributed by atoms with van der Waals surface area (Å²) in [5.74, 6) is 2.74. The summed E-state index contributed by atoms with van der Waals surface area (Å²) < 4.78 is 2.01. The Hall–Kier alpha value is -2.12. The summed E-state index contributed by atoms with van der Waals surface area (Å²) in [7, 11) is 3.52. The van der Waals surface area contributed by atoms with E-state index in [4.69, 9.17) is 0 Å². The molecule has 1 atom stereocenters. The van der Waals surface area contributed by atoms with E-state index in [2.05, 4.69) is 32.6 Å². The molecule has 1 aliphatic carbocycles. The molecule has 2 N–H and O–H groups in total. The zero-order valence-electron chi connectivity index (χ0n) is 16.2. The molecular weight excluding hydrogens is 330 g/mol. The van der Waals surface area contributed by atoms with Gasteiger partial charge in [0.1, 0.15) is 12.4 Å². The van der Waals surface area contributed by atoms with Crippen LogP contribution in [0.15, 0.2) is 4.99 Å². The Bertz CT molecular complexity index is 646. The normalized spacial score (nSPS) is 20.7. The van der Waals surface area contributed by atoms with E-state index in [-0.39, 0.29) is 18.5 Å². The summed E-state index contributed by atoms with van der Waals surface area (Å²) >= 11 is 0. The minimum absolute atomic E-state index is 0.00677. The molecule has 144 valence electrons.